The number of benzene rings is 1. The first-order valence-electron chi connectivity index (χ1n) is 8.17. The van der Waals surface area contributed by atoms with Gasteiger partial charge in [0.05, 0.1) is 12.8 Å². The van der Waals surface area contributed by atoms with Crippen molar-refractivity contribution < 1.29 is 19.1 Å². The van der Waals surface area contributed by atoms with E-state index in [1.54, 1.807) is 12.1 Å². The zero-order chi connectivity index (χ0) is 17.9. The standard InChI is InChI=1S/C19H23NO4/c1-11-6-7-13(24-5)12(10-11)20-16(23)19-9-8-18(4,17(19,2)3)14(21)15(19)22/h6-7,10H,8-9H2,1-5H3,(H,20,23). The van der Waals surface area contributed by atoms with Crippen LogP contribution in [0.3, 0.4) is 0 Å². The molecule has 2 unspecified atom stereocenters. The lowest BCUT2D eigenvalue weighted by Gasteiger charge is -2.37. The maximum atomic E-state index is 13.1. The third kappa shape index (κ3) is 1.73. The molecule has 2 saturated carbocycles. The number of nitrogens with one attached hydrogen (secondary N) is 1. The van der Waals surface area contributed by atoms with Gasteiger partial charge in [0.1, 0.15) is 11.2 Å². The summed E-state index contributed by atoms with van der Waals surface area (Å²) in [5, 5.41) is 2.85. The number of amides is 1. The molecule has 2 aliphatic rings. The Morgan fingerprint density at radius 1 is 1.12 bits per heavy atom. The third-order valence-electron chi connectivity index (χ3n) is 6.53. The highest BCUT2D eigenvalue weighted by Gasteiger charge is 2.77. The number of Topliss-reactive ketones (excluding diaryl/α,β-unsaturated/α-hetero) is 2. The number of carbonyl (C=O) groups is 3. The van der Waals surface area contributed by atoms with Crippen molar-refractivity contribution >= 4 is 23.2 Å². The summed E-state index contributed by atoms with van der Waals surface area (Å²) in [6.45, 7) is 7.43. The quantitative estimate of drug-likeness (QED) is 0.683. The summed E-state index contributed by atoms with van der Waals surface area (Å²) in [6.07, 6.45) is 0.962. The first-order valence-corrected chi connectivity index (χ1v) is 8.17. The van der Waals surface area contributed by atoms with E-state index < -0.39 is 33.7 Å². The Kier molecular flexibility index (Phi) is 3.41. The fourth-order valence-electron chi connectivity index (χ4n) is 4.42. The van der Waals surface area contributed by atoms with Crippen molar-refractivity contribution in [2.24, 2.45) is 16.2 Å². The van der Waals surface area contributed by atoms with Crippen molar-refractivity contribution in [3.05, 3.63) is 23.8 Å². The van der Waals surface area contributed by atoms with Gasteiger partial charge in [0, 0.05) is 5.41 Å². The lowest BCUT2D eigenvalue weighted by atomic mass is 9.64. The molecule has 0 heterocycles. The molecular formula is C19H23NO4. The van der Waals surface area contributed by atoms with Crippen LogP contribution in [0.4, 0.5) is 5.69 Å². The van der Waals surface area contributed by atoms with Gasteiger partial charge in [-0.1, -0.05) is 26.8 Å². The summed E-state index contributed by atoms with van der Waals surface area (Å²) in [6, 6.07) is 5.46. The van der Waals surface area contributed by atoms with E-state index in [1.165, 1.54) is 7.11 Å². The molecule has 2 atom stereocenters. The highest BCUT2D eigenvalue weighted by Crippen LogP contribution is 2.69. The van der Waals surface area contributed by atoms with Crippen LogP contribution in [0.25, 0.3) is 0 Å². The zero-order valence-electron chi connectivity index (χ0n) is 14.8. The Hall–Kier alpha value is -2.17. The Balaban J connectivity index is 2.03. The minimum Gasteiger partial charge on any atom is -0.495 e. The second kappa shape index (κ2) is 4.91. The van der Waals surface area contributed by atoms with Gasteiger partial charge in [-0.2, -0.15) is 0 Å². The van der Waals surface area contributed by atoms with Gasteiger partial charge in [0.15, 0.2) is 0 Å². The topological polar surface area (TPSA) is 72.5 Å². The van der Waals surface area contributed by atoms with Crippen LogP contribution in [0.15, 0.2) is 18.2 Å². The fourth-order valence-corrected chi connectivity index (χ4v) is 4.42. The highest BCUT2D eigenvalue weighted by molar-refractivity contribution is 6.49. The molecule has 1 amide bonds. The number of hydrogen-bond acceptors (Lipinski definition) is 4. The van der Waals surface area contributed by atoms with E-state index in [4.69, 9.17) is 4.74 Å². The van der Waals surface area contributed by atoms with Gasteiger partial charge in [-0.25, -0.2) is 0 Å². The number of fused-ring (bicyclic) bond motifs is 2. The maximum Gasteiger partial charge on any atom is 0.239 e. The van der Waals surface area contributed by atoms with Crippen LogP contribution in [0.5, 0.6) is 5.75 Å². The van der Waals surface area contributed by atoms with Gasteiger partial charge in [0.2, 0.25) is 17.5 Å². The van der Waals surface area contributed by atoms with E-state index in [-0.39, 0.29) is 0 Å². The second-order valence-electron chi connectivity index (χ2n) is 7.68. The minimum atomic E-state index is -1.30. The molecule has 1 aromatic rings. The zero-order valence-corrected chi connectivity index (χ0v) is 14.8. The maximum absolute atomic E-state index is 13.1. The Bertz CT molecular complexity index is 767. The molecule has 1 N–H and O–H groups in total. The molecule has 0 aliphatic heterocycles. The van der Waals surface area contributed by atoms with Crippen molar-refractivity contribution in [1.82, 2.24) is 0 Å². The molecule has 0 radical (unpaired) electrons. The average molecular weight is 329 g/mol. The highest BCUT2D eigenvalue weighted by atomic mass is 16.5. The summed E-state index contributed by atoms with van der Waals surface area (Å²) in [4.78, 5) is 38.4. The predicted molar refractivity (Wildman–Crippen MR) is 89.9 cm³/mol. The molecule has 1 aromatic carbocycles. The summed E-state index contributed by atoms with van der Waals surface area (Å²) >= 11 is 0. The second-order valence-corrected chi connectivity index (χ2v) is 7.68. The molecule has 0 saturated heterocycles. The Labute approximate surface area is 141 Å². The molecular weight excluding hydrogens is 306 g/mol. The summed E-state index contributed by atoms with van der Waals surface area (Å²) < 4.78 is 5.29. The van der Waals surface area contributed by atoms with Crippen molar-refractivity contribution in [3.63, 3.8) is 0 Å². The lowest BCUT2D eigenvalue weighted by Crippen LogP contribution is -2.47. The van der Waals surface area contributed by atoms with E-state index in [1.807, 2.05) is 33.8 Å². The van der Waals surface area contributed by atoms with E-state index in [2.05, 4.69) is 5.32 Å². The number of methoxy groups -OCH3 is 1. The van der Waals surface area contributed by atoms with Crippen LogP contribution in [0.1, 0.15) is 39.2 Å². The fraction of sp³-hybridized carbons (Fsp3) is 0.526. The van der Waals surface area contributed by atoms with E-state index in [0.29, 0.717) is 24.3 Å². The molecule has 2 fully saturated rings. The molecule has 2 aliphatic carbocycles. The van der Waals surface area contributed by atoms with Crippen molar-refractivity contribution in [1.29, 1.82) is 0 Å². The van der Waals surface area contributed by atoms with Crippen molar-refractivity contribution in [3.8, 4) is 5.75 Å². The van der Waals surface area contributed by atoms with Crippen LogP contribution in [0, 0.1) is 23.2 Å². The number of ketones is 2. The van der Waals surface area contributed by atoms with Crippen molar-refractivity contribution in [2.75, 3.05) is 12.4 Å². The van der Waals surface area contributed by atoms with Crippen molar-refractivity contribution in [2.45, 2.75) is 40.5 Å². The number of rotatable bonds is 3. The summed E-state index contributed by atoms with van der Waals surface area (Å²) in [5.74, 6) is -0.841. The van der Waals surface area contributed by atoms with E-state index >= 15 is 0 Å². The first kappa shape index (κ1) is 16.7. The number of anilines is 1. The molecule has 5 nitrogen and oxygen atoms in total. The van der Waals surface area contributed by atoms with E-state index in [9.17, 15) is 14.4 Å². The lowest BCUT2D eigenvalue weighted by molar-refractivity contribution is -0.147. The monoisotopic (exact) mass is 329 g/mol. The van der Waals surface area contributed by atoms with Gasteiger partial charge in [-0.05, 0) is 42.9 Å². The number of ether oxygens (including phenoxy) is 1. The first-order chi connectivity index (χ1) is 11.1. The van der Waals surface area contributed by atoms with Gasteiger partial charge < -0.3 is 10.1 Å². The van der Waals surface area contributed by atoms with E-state index in [0.717, 1.165) is 5.56 Å². The predicted octanol–water partition coefficient (Wildman–Crippen LogP) is 2.91. The number of carbonyl (C=O) groups excluding carboxylic acids is 3. The Morgan fingerprint density at radius 3 is 2.33 bits per heavy atom. The SMILES string of the molecule is COc1ccc(C)cc1NC(=O)C12CCC(C)(C(=O)C1=O)C2(C)C. The van der Waals surface area contributed by atoms with Gasteiger partial charge in [0.25, 0.3) is 0 Å². The van der Waals surface area contributed by atoms with Crippen LogP contribution in [-0.4, -0.2) is 24.6 Å². The molecule has 0 aromatic heterocycles. The molecule has 5 heteroatoms. The molecule has 128 valence electrons. The average Bonchev–Trinajstić information content (AvgIpc) is 2.79. The smallest absolute Gasteiger partial charge is 0.239 e. The van der Waals surface area contributed by atoms with Crippen LogP contribution < -0.4 is 10.1 Å². The largest absolute Gasteiger partial charge is 0.495 e. The minimum absolute atomic E-state index is 0.404. The molecule has 2 bridgehead atoms. The molecule has 24 heavy (non-hydrogen) atoms. The third-order valence-corrected chi connectivity index (χ3v) is 6.53. The van der Waals surface area contributed by atoms with Crippen LogP contribution in [-0.2, 0) is 14.4 Å². The van der Waals surface area contributed by atoms with Gasteiger partial charge in [-0.3, -0.25) is 14.4 Å². The van der Waals surface area contributed by atoms with Crippen LogP contribution >= 0.6 is 0 Å². The number of hydrogen-bond donors (Lipinski definition) is 1. The number of aryl methyl sites for hydroxylation is 1. The normalized spacial score (nSPS) is 30.5. The van der Waals surface area contributed by atoms with Gasteiger partial charge in [-0.15, -0.1) is 0 Å². The van der Waals surface area contributed by atoms with Crippen LogP contribution in [0.2, 0.25) is 0 Å². The van der Waals surface area contributed by atoms with Gasteiger partial charge >= 0.3 is 0 Å². The molecule has 3 rings (SSSR count). The Morgan fingerprint density at radius 2 is 1.79 bits per heavy atom. The summed E-state index contributed by atoms with van der Waals surface area (Å²) in [7, 11) is 1.53. The summed E-state index contributed by atoms with van der Waals surface area (Å²) in [5.41, 5.74) is -1.29. The molecule has 0 spiro atoms.